The maximum atomic E-state index is 12.2. The number of nitrogens with zero attached hydrogens (tertiary/aromatic N) is 3. The fourth-order valence-corrected chi connectivity index (χ4v) is 3.11. The molecule has 0 aromatic carbocycles. The fourth-order valence-electron chi connectivity index (χ4n) is 1.47. The van der Waals surface area contributed by atoms with E-state index in [2.05, 4.69) is 9.72 Å². The summed E-state index contributed by atoms with van der Waals surface area (Å²) in [5.74, 6) is -1.05. The van der Waals surface area contributed by atoms with Crippen molar-refractivity contribution in [1.29, 1.82) is 0 Å². The van der Waals surface area contributed by atoms with Crippen LogP contribution in [0.1, 0.15) is 6.92 Å². The van der Waals surface area contributed by atoms with Crippen molar-refractivity contribution in [2.75, 3.05) is 20.7 Å². The number of methoxy groups -OCH3 is 1. The Bertz CT molecular complexity index is 569. The molecule has 0 saturated carbocycles. The average molecular weight is 310 g/mol. The van der Waals surface area contributed by atoms with Crippen molar-refractivity contribution in [2.45, 2.75) is 11.9 Å². The second kappa shape index (κ2) is 5.89. The number of imidazole rings is 1. The monoisotopic (exact) mass is 309 g/mol. The van der Waals surface area contributed by atoms with Gasteiger partial charge in [0.1, 0.15) is 5.15 Å². The van der Waals surface area contributed by atoms with Gasteiger partial charge in [-0.3, -0.25) is 4.79 Å². The minimum absolute atomic E-state index is 0.0120. The summed E-state index contributed by atoms with van der Waals surface area (Å²) in [5, 5.41) is -0.200. The first-order valence-corrected chi connectivity index (χ1v) is 7.24. The Hall–Kier alpha value is -1.12. The molecule has 0 fully saturated rings. The summed E-state index contributed by atoms with van der Waals surface area (Å²) in [6.07, 6.45) is 1.31. The van der Waals surface area contributed by atoms with E-state index in [0.717, 1.165) is 4.31 Å². The Balaban J connectivity index is 2.95. The Labute approximate surface area is 117 Å². The van der Waals surface area contributed by atoms with Crippen molar-refractivity contribution < 1.29 is 17.9 Å². The molecule has 19 heavy (non-hydrogen) atoms. The number of hydrogen-bond acceptors (Lipinski definition) is 5. The Morgan fingerprint density at radius 3 is 2.63 bits per heavy atom. The number of esters is 1. The van der Waals surface area contributed by atoms with Gasteiger partial charge >= 0.3 is 5.97 Å². The highest BCUT2D eigenvalue weighted by molar-refractivity contribution is 7.89. The number of aromatic nitrogens is 2. The summed E-state index contributed by atoms with van der Waals surface area (Å²) < 4.78 is 31.4. The molecule has 0 aliphatic carbocycles. The van der Waals surface area contributed by atoms with Crippen LogP contribution >= 0.6 is 11.6 Å². The lowest BCUT2D eigenvalue weighted by atomic mass is 10.2. The van der Waals surface area contributed by atoms with Gasteiger partial charge in [-0.05, 0) is 0 Å². The number of ether oxygens (including phenoxy) is 1. The highest BCUT2D eigenvalue weighted by Gasteiger charge is 2.29. The van der Waals surface area contributed by atoms with Gasteiger partial charge in [-0.2, -0.15) is 4.31 Å². The highest BCUT2D eigenvalue weighted by atomic mass is 35.5. The summed E-state index contributed by atoms with van der Waals surface area (Å²) in [5.41, 5.74) is 0. The van der Waals surface area contributed by atoms with Crippen molar-refractivity contribution in [3.05, 3.63) is 11.5 Å². The van der Waals surface area contributed by atoms with Crippen molar-refractivity contribution in [2.24, 2.45) is 13.0 Å². The summed E-state index contributed by atoms with van der Waals surface area (Å²) in [4.78, 5) is 15.1. The van der Waals surface area contributed by atoms with E-state index in [1.165, 1.54) is 25.1 Å². The topological polar surface area (TPSA) is 81.5 Å². The average Bonchev–Trinajstić information content (AvgIpc) is 2.69. The van der Waals surface area contributed by atoms with Crippen molar-refractivity contribution in [3.8, 4) is 0 Å². The van der Waals surface area contributed by atoms with Crippen LogP contribution in [0.3, 0.4) is 0 Å². The first kappa shape index (κ1) is 15.9. The van der Waals surface area contributed by atoms with Crippen LogP contribution in [0, 0.1) is 5.92 Å². The number of aryl methyl sites for hydroxylation is 1. The van der Waals surface area contributed by atoms with Gasteiger partial charge in [0.15, 0.2) is 0 Å². The minimum atomic E-state index is -3.82. The quantitative estimate of drug-likeness (QED) is 0.740. The Morgan fingerprint density at radius 2 is 2.21 bits per heavy atom. The fraction of sp³-hybridized carbons (Fsp3) is 0.600. The molecule has 0 aliphatic rings. The lowest BCUT2D eigenvalue weighted by Gasteiger charge is -2.19. The Kier molecular flexibility index (Phi) is 4.94. The molecule has 0 N–H and O–H groups in total. The molecule has 1 unspecified atom stereocenters. The van der Waals surface area contributed by atoms with E-state index in [0.29, 0.717) is 0 Å². The number of carbonyl (C=O) groups is 1. The molecule has 1 rings (SSSR count). The van der Waals surface area contributed by atoms with Crippen molar-refractivity contribution in [3.63, 3.8) is 0 Å². The lowest BCUT2D eigenvalue weighted by Crippen LogP contribution is -2.34. The smallest absolute Gasteiger partial charge is 0.309 e. The van der Waals surface area contributed by atoms with Crippen molar-refractivity contribution in [1.82, 2.24) is 13.9 Å². The third-order valence-corrected chi connectivity index (χ3v) is 4.94. The Morgan fingerprint density at radius 1 is 1.63 bits per heavy atom. The first-order valence-electron chi connectivity index (χ1n) is 5.42. The molecule has 0 spiro atoms. The predicted molar refractivity (Wildman–Crippen MR) is 69.2 cm³/mol. The van der Waals surface area contributed by atoms with E-state index in [-0.39, 0.29) is 16.7 Å². The van der Waals surface area contributed by atoms with Crippen LogP contribution in [0.4, 0.5) is 0 Å². The van der Waals surface area contributed by atoms with Crippen LogP contribution in [0.2, 0.25) is 5.15 Å². The predicted octanol–water partition coefficient (Wildman–Crippen LogP) is 0.503. The highest BCUT2D eigenvalue weighted by Crippen LogP contribution is 2.22. The summed E-state index contributed by atoms with van der Waals surface area (Å²) in [6.45, 7) is 1.57. The van der Waals surface area contributed by atoms with Crippen LogP contribution in [-0.4, -0.2) is 48.9 Å². The molecule has 0 aliphatic heterocycles. The third-order valence-electron chi connectivity index (χ3n) is 2.62. The standard InChI is InChI=1S/C10H16ClN3O4S/c1-7(10(15)18-4)5-14(3)19(16,17)9-8(11)13(2)6-12-9/h6-7H,5H2,1-4H3. The van der Waals surface area contributed by atoms with Crippen LogP contribution in [-0.2, 0) is 26.6 Å². The van der Waals surface area contributed by atoms with Gasteiger partial charge < -0.3 is 9.30 Å². The number of rotatable bonds is 5. The largest absolute Gasteiger partial charge is 0.469 e. The maximum absolute atomic E-state index is 12.2. The molecule has 0 radical (unpaired) electrons. The van der Waals surface area contributed by atoms with Gasteiger partial charge in [0.25, 0.3) is 10.0 Å². The molecule has 108 valence electrons. The van der Waals surface area contributed by atoms with Crippen LogP contribution in [0.15, 0.2) is 11.4 Å². The van der Waals surface area contributed by atoms with Crippen molar-refractivity contribution >= 4 is 27.6 Å². The zero-order chi connectivity index (χ0) is 14.8. The molecular weight excluding hydrogens is 294 g/mol. The zero-order valence-electron chi connectivity index (χ0n) is 11.1. The van der Waals surface area contributed by atoms with Gasteiger partial charge in [-0.15, -0.1) is 0 Å². The molecule has 1 aromatic heterocycles. The van der Waals surface area contributed by atoms with Gasteiger partial charge in [-0.1, -0.05) is 18.5 Å². The summed E-state index contributed by atoms with van der Waals surface area (Å²) >= 11 is 5.87. The van der Waals surface area contributed by atoms with Gasteiger partial charge in [0, 0.05) is 20.6 Å². The minimum Gasteiger partial charge on any atom is -0.469 e. The van der Waals surface area contributed by atoms with Crippen LogP contribution < -0.4 is 0 Å². The number of sulfonamides is 1. The van der Waals surface area contributed by atoms with Crippen LogP contribution in [0.5, 0.6) is 0 Å². The van der Waals surface area contributed by atoms with Gasteiger partial charge in [0.05, 0.1) is 19.4 Å². The van der Waals surface area contributed by atoms with E-state index in [9.17, 15) is 13.2 Å². The molecule has 9 heteroatoms. The molecule has 0 amide bonds. The summed E-state index contributed by atoms with van der Waals surface area (Å²) in [7, 11) is 0.379. The maximum Gasteiger partial charge on any atom is 0.309 e. The lowest BCUT2D eigenvalue weighted by molar-refractivity contribution is -0.144. The van der Waals surface area contributed by atoms with E-state index < -0.39 is 21.9 Å². The second-order valence-corrected chi connectivity index (χ2v) is 6.48. The molecular formula is C10H16ClN3O4S. The van der Waals surface area contributed by atoms with Gasteiger partial charge in [0.2, 0.25) is 5.03 Å². The van der Waals surface area contributed by atoms with E-state index in [1.54, 1.807) is 14.0 Å². The number of hydrogen-bond donors (Lipinski definition) is 0. The van der Waals surface area contributed by atoms with E-state index in [4.69, 9.17) is 11.6 Å². The normalized spacial score (nSPS) is 13.6. The van der Waals surface area contributed by atoms with Crippen LogP contribution in [0.25, 0.3) is 0 Å². The van der Waals surface area contributed by atoms with Gasteiger partial charge in [-0.25, -0.2) is 13.4 Å². The SMILES string of the molecule is COC(=O)C(C)CN(C)S(=O)(=O)c1ncn(C)c1Cl. The van der Waals surface area contributed by atoms with E-state index in [1.807, 2.05) is 0 Å². The second-order valence-electron chi connectivity index (χ2n) is 4.16. The molecule has 1 aromatic rings. The van der Waals surface area contributed by atoms with E-state index >= 15 is 0 Å². The molecule has 1 heterocycles. The number of carbonyl (C=O) groups excluding carboxylic acids is 1. The zero-order valence-corrected chi connectivity index (χ0v) is 12.7. The molecule has 0 saturated heterocycles. The molecule has 0 bridgehead atoms. The summed E-state index contributed by atoms with van der Waals surface area (Å²) in [6, 6.07) is 0. The third kappa shape index (κ3) is 3.26. The number of halogens is 1. The molecule has 7 nitrogen and oxygen atoms in total. The first-order chi connectivity index (χ1) is 8.71. The molecule has 1 atom stereocenters.